The van der Waals surface area contributed by atoms with Gasteiger partial charge in [-0.3, -0.25) is 4.79 Å². The zero-order chi connectivity index (χ0) is 16.5. The van der Waals surface area contributed by atoms with E-state index in [1.807, 2.05) is 30.3 Å². The van der Waals surface area contributed by atoms with Gasteiger partial charge in [0.05, 0.1) is 12.7 Å². The number of aromatic nitrogens is 1. The summed E-state index contributed by atoms with van der Waals surface area (Å²) in [6.45, 7) is 3.45. The number of carbonyl (C=O) groups excluding carboxylic acids is 1. The fraction of sp³-hybridized carbons (Fsp3) is 0.333. The molecule has 0 saturated heterocycles. The highest BCUT2D eigenvalue weighted by Gasteiger charge is 2.08. The van der Waals surface area contributed by atoms with Crippen molar-refractivity contribution in [2.75, 3.05) is 19.0 Å². The third-order valence-corrected chi connectivity index (χ3v) is 3.49. The third kappa shape index (κ3) is 4.98. The quantitative estimate of drug-likeness (QED) is 0.734. The van der Waals surface area contributed by atoms with E-state index in [0.29, 0.717) is 12.1 Å². The average Bonchev–Trinajstić information content (AvgIpc) is 2.60. The molecule has 1 aromatic carbocycles. The Hall–Kier alpha value is -2.56. The van der Waals surface area contributed by atoms with E-state index in [-0.39, 0.29) is 5.91 Å². The zero-order valence-electron chi connectivity index (χ0n) is 13.6. The number of ether oxygens (including phenoxy) is 1. The molecule has 2 rings (SSSR count). The third-order valence-electron chi connectivity index (χ3n) is 3.49. The molecule has 0 aliphatic rings. The summed E-state index contributed by atoms with van der Waals surface area (Å²) in [5.41, 5.74) is 1.48. The van der Waals surface area contributed by atoms with Crippen LogP contribution in [0.3, 0.4) is 0 Å². The van der Waals surface area contributed by atoms with Crippen LogP contribution in [0.5, 0.6) is 5.75 Å². The van der Waals surface area contributed by atoms with Crippen molar-refractivity contribution >= 4 is 11.7 Å². The molecule has 1 aromatic heterocycles. The van der Waals surface area contributed by atoms with Gasteiger partial charge in [0, 0.05) is 24.8 Å². The Balaban J connectivity index is 1.90. The van der Waals surface area contributed by atoms with Gasteiger partial charge in [0.2, 0.25) is 0 Å². The molecule has 0 unspecified atom stereocenters. The molecule has 0 aliphatic heterocycles. The zero-order valence-corrected chi connectivity index (χ0v) is 13.6. The summed E-state index contributed by atoms with van der Waals surface area (Å²) < 4.78 is 5.27. The molecule has 5 nitrogen and oxygen atoms in total. The number of hydrogen-bond donors (Lipinski definition) is 2. The molecular weight excluding hydrogens is 290 g/mol. The van der Waals surface area contributed by atoms with Crippen molar-refractivity contribution in [3.8, 4) is 5.75 Å². The van der Waals surface area contributed by atoms with Crippen LogP contribution in [0.1, 0.15) is 35.7 Å². The highest BCUT2D eigenvalue weighted by atomic mass is 16.5. The van der Waals surface area contributed by atoms with Crippen molar-refractivity contribution in [1.82, 2.24) is 10.3 Å². The molecule has 0 saturated carbocycles. The van der Waals surface area contributed by atoms with Gasteiger partial charge in [0.25, 0.3) is 5.91 Å². The lowest BCUT2D eigenvalue weighted by Gasteiger charge is -2.10. The predicted octanol–water partition coefficient (Wildman–Crippen LogP) is 3.23. The Morgan fingerprint density at radius 3 is 2.74 bits per heavy atom. The number of methoxy groups -OCH3 is 1. The van der Waals surface area contributed by atoms with Crippen LogP contribution in [0.4, 0.5) is 5.82 Å². The average molecular weight is 313 g/mol. The molecule has 2 aromatic rings. The summed E-state index contributed by atoms with van der Waals surface area (Å²) in [6.07, 6.45) is 3.82. The summed E-state index contributed by atoms with van der Waals surface area (Å²) in [7, 11) is 1.62. The van der Waals surface area contributed by atoms with Crippen molar-refractivity contribution in [3.63, 3.8) is 0 Å². The lowest BCUT2D eigenvalue weighted by molar-refractivity contribution is 0.0950. The molecule has 122 valence electrons. The number of benzene rings is 1. The molecule has 1 heterocycles. The van der Waals surface area contributed by atoms with Crippen LogP contribution in [0.25, 0.3) is 0 Å². The molecule has 0 atom stereocenters. The van der Waals surface area contributed by atoms with Gasteiger partial charge in [-0.2, -0.15) is 0 Å². The second-order valence-corrected chi connectivity index (χ2v) is 5.21. The highest BCUT2D eigenvalue weighted by Crippen LogP contribution is 2.16. The topological polar surface area (TPSA) is 63.2 Å². The number of hydrogen-bond acceptors (Lipinski definition) is 4. The molecule has 1 amide bonds. The van der Waals surface area contributed by atoms with Gasteiger partial charge < -0.3 is 15.4 Å². The van der Waals surface area contributed by atoms with Gasteiger partial charge in [-0.15, -0.1) is 0 Å². The lowest BCUT2D eigenvalue weighted by Crippen LogP contribution is -2.23. The van der Waals surface area contributed by atoms with Crippen LogP contribution in [0.15, 0.2) is 42.6 Å². The fourth-order valence-corrected chi connectivity index (χ4v) is 2.15. The number of unbranched alkanes of at least 4 members (excludes halogenated alkanes) is 1. The van der Waals surface area contributed by atoms with Gasteiger partial charge in [-0.05, 0) is 24.6 Å². The van der Waals surface area contributed by atoms with Crippen molar-refractivity contribution in [2.24, 2.45) is 0 Å². The smallest absolute Gasteiger partial charge is 0.253 e. The van der Waals surface area contributed by atoms with E-state index in [1.54, 1.807) is 19.4 Å². The van der Waals surface area contributed by atoms with Crippen molar-refractivity contribution < 1.29 is 9.53 Å². The minimum absolute atomic E-state index is 0.150. The van der Waals surface area contributed by atoms with Gasteiger partial charge >= 0.3 is 0 Å². The summed E-state index contributed by atoms with van der Waals surface area (Å²) in [6, 6.07) is 11.2. The SMILES string of the molecule is CCCCNc1ccc(C(=O)NCc2ccccc2OC)cn1. The second kappa shape index (κ2) is 8.78. The molecule has 0 spiro atoms. The van der Waals surface area contributed by atoms with E-state index in [0.717, 1.165) is 36.5 Å². The maximum atomic E-state index is 12.2. The maximum absolute atomic E-state index is 12.2. The molecule has 5 heteroatoms. The van der Waals surface area contributed by atoms with E-state index in [4.69, 9.17) is 4.74 Å². The predicted molar refractivity (Wildman–Crippen MR) is 91.8 cm³/mol. The number of amides is 1. The minimum Gasteiger partial charge on any atom is -0.496 e. The van der Waals surface area contributed by atoms with E-state index >= 15 is 0 Å². The monoisotopic (exact) mass is 313 g/mol. The van der Waals surface area contributed by atoms with Crippen LogP contribution >= 0.6 is 0 Å². The van der Waals surface area contributed by atoms with Crippen molar-refractivity contribution in [2.45, 2.75) is 26.3 Å². The van der Waals surface area contributed by atoms with Gasteiger partial charge in [-0.1, -0.05) is 31.5 Å². The van der Waals surface area contributed by atoms with Crippen LogP contribution in [0, 0.1) is 0 Å². The van der Waals surface area contributed by atoms with Crippen LogP contribution in [0.2, 0.25) is 0 Å². The van der Waals surface area contributed by atoms with Crippen LogP contribution in [-0.4, -0.2) is 24.5 Å². The van der Waals surface area contributed by atoms with Crippen molar-refractivity contribution in [1.29, 1.82) is 0 Å². The number of nitrogens with one attached hydrogen (secondary N) is 2. The summed E-state index contributed by atoms with van der Waals surface area (Å²) in [5.74, 6) is 1.41. The van der Waals surface area contributed by atoms with Gasteiger partial charge in [0.15, 0.2) is 0 Å². The summed E-state index contributed by atoms with van der Waals surface area (Å²) in [5, 5.41) is 6.11. The molecule has 0 fully saturated rings. The Kier molecular flexibility index (Phi) is 6.41. The Labute approximate surface area is 137 Å². The molecule has 2 N–H and O–H groups in total. The Bertz CT molecular complexity index is 626. The lowest BCUT2D eigenvalue weighted by atomic mass is 10.2. The first-order chi connectivity index (χ1) is 11.2. The number of rotatable bonds is 8. The van der Waals surface area contributed by atoms with E-state index in [1.165, 1.54) is 0 Å². The minimum atomic E-state index is -0.150. The largest absolute Gasteiger partial charge is 0.496 e. The Morgan fingerprint density at radius 2 is 2.04 bits per heavy atom. The first-order valence-electron chi connectivity index (χ1n) is 7.84. The molecule has 0 bridgehead atoms. The number of para-hydroxylation sites is 1. The molecule has 0 aliphatic carbocycles. The van der Waals surface area contributed by atoms with Gasteiger partial charge in [-0.25, -0.2) is 4.98 Å². The number of carbonyl (C=O) groups is 1. The number of nitrogens with zero attached hydrogens (tertiary/aromatic N) is 1. The summed E-state index contributed by atoms with van der Waals surface area (Å²) in [4.78, 5) is 16.4. The van der Waals surface area contributed by atoms with Crippen LogP contribution in [-0.2, 0) is 6.54 Å². The first-order valence-corrected chi connectivity index (χ1v) is 7.84. The van der Waals surface area contributed by atoms with E-state index in [9.17, 15) is 4.79 Å². The fourth-order valence-electron chi connectivity index (χ4n) is 2.15. The van der Waals surface area contributed by atoms with Crippen molar-refractivity contribution in [3.05, 3.63) is 53.7 Å². The van der Waals surface area contributed by atoms with E-state index < -0.39 is 0 Å². The normalized spacial score (nSPS) is 10.2. The Morgan fingerprint density at radius 1 is 1.22 bits per heavy atom. The number of pyridine rings is 1. The van der Waals surface area contributed by atoms with Gasteiger partial charge in [0.1, 0.15) is 11.6 Å². The van der Waals surface area contributed by atoms with Crippen LogP contribution < -0.4 is 15.4 Å². The molecule has 0 radical (unpaired) electrons. The number of anilines is 1. The second-order valence-electron chi connectivity index (χ2n) is 5.21. The van der Waals surface area contributed by atoms with E-state index in [2.05, 4.69) is 22.5 Å². The standard InChI is InChI=1S/C18H23N3O2/c1-3-4-11-19-17-10-9-15(13-20-17)18(22)21-12-14-7-5-6-8-16(14)23-2/h5-10,13H,3-4,11-12H2,1-2H3,(H,19,20)(H,21,22). The molecular formula is C18H23N3O2. The maximum Gasteiger partial charge on any atom is 0.253 e. The highest BCUT2D eigenvalue weighted by molar-refractivity contribution is 5.94. The first kappa shape index (κ1) is 16.8. The molecule has 23 heavy (non-hydrogen) atoms. The summed E-state index contributed by atoms with van der Waals surface area (Å²) >= 11 is 0.